The molecule has 7 nitrogen and oxygen atoms in total. The Morgan fingerprint density at radius 1 is 1.06 bits per heavy atom. The second-order valence-corrected chi connectivity index (χ2v) is 8.79. The summed E-state index contributed by atoms with van der Waals surface area (Å²) in [5.41, 5.74) is 3.82. The predicted molar refractivity (Wildman–Crippen MR) is 132 cm³/mol. The number of rotatable bonds is 7. The highest BCUT2D eigenvalue weighted by Crippen LogP contribution is 2.31. The number of nitrogens with one attached hydrogen (secondary N) is 1. The number of anilines is 1. The molecule has 0 fully saturated rings. The van der Waals surface area contributed by atoms with Crippen molar-refractivity contribution in [2.45, 2.75) is 13.1 Å². The zero-order valence-corrected chi connectivity index (χ0v) is 19.2. The topological polar surface area (TPSA) is 74.0 Å². The van der Waals surface area contributed by atoms with Crippen molar-refractivity contribution >= 4 is 27.5 Å². The lowest BCUT2D eigenvalue weighted by Crippen LogP contribution is -2.21. The maximum atomic E-state index is 13.0. The molecule has 0 aliphatic carbocycles. The fourth-order valence-electron chi connectivity index (χ4n) is 3.67. The lowest BCUT2D eigenvalue weighted by molar-refractivity contribution is 0.414. The lowest BCUT2D eigenvalue weighted by atomic mass is 10.2. The molecule has 0 bridgehead atoms. The van der Waals surface area contributed by atoms with Gasteiger partial charge in [-0.3, -0.25) is 14.0 Å². The van der Waals surface area contributed by atoms with Crippen LogP contribution in [0, 0.1) is 0 Å². The van der Waals surface area contributed by atoms with Crippen LogP contribution in [0.5, 0.6) is 5.75 Å². The van der Waals surface area contributed by atoms with E-state index in [-0.39, 0.29) is 5.56 Å². The summed E-state index contributed by atoms with van der Waals surface area (Å²) in [5, 5.41) is 7.77. The fourth-order valence-corrected chi connectivity index (χ4v) is 4.71. The minimum absolute atomic E-state index is 0.0685. The van der Waals surface area contributed by atoms with Gasteiger partial charge in [-0.1, -0.05) is 42.5 Å². The molecule has 2 aromatic carbocycles. The number of aromatic nitrogens is 4. The van der Waals surface area contributed by atoms with Crippen LogP contribution in [0.1, 0.15) is 11.1 Å². The smallest absolute Gasteiger partial charge is 0.272 e. The van der Waals surface area contributed by atoms with Crippen LogP contribution in [-0.2, 0) is 20.1 Å². The minimum atomic E-state index is -0.0685. The number of hydrogen-bond acceptors (Lipinski definition) is 6. The Labute approximate surface area is 194 Å². The highest BCUT2D eigenvalue weighted by molar-refractivity contribution is 7.22. The molecule has 0 unspecified atom stereocenters. The van der Waals surface area contributed by atoms with E-state index in [2.05, 4.69) is 22.5 Å². The molecule has 0 saturated heterocycles. The van der Waals surface area contributed by atoms with Gasteiger partial charge in [0.05, 0.1) is 25.4 Å². The van der Waals surface area contributed by atoms with Gasteiger partial charge in [0.2, 0.25) is 5.95 Å². The zero-order valence-electron chi connectivity index (χ0n) is 18.4. The van der Waals surface area contributed by atoms with Crippen molar-refractivity contribution in [2.75, 3.05) is 12.4 Å². The number of benzene rings is 2. The van der Waals surface area contributed by atoms with Crippen LogP contribution in [0.2, 0.25) is 0 Å². The highest BCUT2D eigenvalue weighted by atomic mass is 32.1. The molecule has 0 atom stereocenters. The third-order valence-electron chi connectivity index (χ3n) is 5.45. The molecule has 1 N–H and O–H groups in total. The SMILES string of the molecule is COc1cccc(CNc2nc3cc(-c4cnn(Cc5ccccc5)c4)sc3c(=O)n2C)c1. The Hall–Kier alpha value is -3.91. The average molecular weight is 458 g/mol. The van der Waals surface area contributed by atoms with Gasteiger partial charge in [-0.05, 0) is 29.3 Å². The molecule has 33 heavy (non-hydrogen) atoms. The van der Waals surface area contributed by atoms with E-state index >= 15 is 0 Å². The van der Waals surface area contributed by atoms with Crippen LogP contribution in [0.15, 0.2) is 77.9 Å². The van der Waals surface area contributed by atoms with Crippen molar-refractivity contribution in [1.82, 2.24) is 19.3 Å². The van der Waals surface area contributed by atoms with Crippen molar-refractivity contribution in [2.24, 2.45) is 7.05 Å². The first-order valence-electron chi connectivity index (χ1n) is 10.5. The normalized spacial score (nSPS) is 11.1. The molecule has 0 radical (unpaired) electrons. The van der Waals surface area contributed by atoms with Crippen LogP contribution < -0.4 is 15.6 Å². The van der Waals surface area contributed by atoms with Gasteiger partial charge in [0.25, 0.3) is 5.56 Å². The van der Waals surface area contributed by atoms with Crippen molar-refractivity contribution in [3.63, 3.8) is 0 Å². The number of hydrogen-bond donors (Lipinski definition) is 1. The van der Waals surface area contributed by atoms with Crippen molar-refractivity contribution < 1.29 is 4.74 Å². The molecule has 0 amide bonds. The van der Waals surface area contributed by atoms with Gasteiger partial charge in [-0.25, -0.2) is 4.98 Å². The summed E-state index contributed by atoms with van der Waals surface area (Å²) in [6.07, 6.45) is 3.84. The van der Waals surface area contributed by atoms with E-state index in [1.54, 1.807) is 18.7 Å². The average Bonchev–Trinajstić information content (AvgIpc) is 3.48. The molecular formula is C25H23N5O2S. The Kier molecular flexibility index (Phi) is 5.66. The molecule has 3 heterocycles. The van der Waals surface area contributed by atoms with Crippen LogP contribution in [0.25, 0.3) is 20.7 Å². The van der Waals surface area contributed by atoms with Crippen LogP contribution in [-0.4, -0.2) is 26.4 Å². The first-order chi connectivity index (χ1) is 16.1. The molecule has 0 spiro atoms. The largest absolute Gasteiger partial charge is 0.497 e. The molecule has 8 heteroatoms. The monoisotopic (exact) mass is 457 g/mol. The van der Waals surface area contributed by atoms with E-state index in [0.717, 1.165) is 21.8 Å². The second-order valence-electron chi connectivity index (χ2n) is 7.74. The van der Waals surface area contributed by atoms with Gasteiger partial charge >= 0.3 is 0 Å². The maximum Gasteiger partial charge on any atom is 0.272 e. The summed E-state index contributed by atoms with van der Waals surface area (Å²) < 4.78 is 9.38. The Bertz CT molecular complexity index is 1470. The maximum absolute atomic E-state index is 13.0. The molecular weight excluding hydrogens is 434 g/mol. The van der Waals surface area contributed by atoms with E-state index in [9.17, 15) is 4.79 Å². The summed E-state index contributed by atoms with van der Waals surface area (Å²) in [6.45, 7) is 1.23. The third kappa shape index (κ3) is 4.38. The quantitative estimate of drug-likeness (QED) is 0.389. The number of fused-ring (bicyclic) bond motifs is 1. The van der Waals surface area contributed by atoms with Gasteiger partial charge in [0.1, 0.15) is 10.4 Å². The molecule has 5 rings (SSSR count). The summed E-state index contributed by atoms with van der Waals surface area (Å²) in [4.78, 5) is 18.7. The second kappa shape index (κ2) is 8.91. The standard InChI is InChI=1S/C25H23N5O2S/c1-29-24(31)23-21(28-25(29)26-13-18-9-6-10-20(11-18)32-2)12-22(33-23)19-14-27-30(16-19)15-17-7-4-3-5-8-17/h3-12,14,16H,13,15H2,1-2H3,(H,26,28). The highest BCUT2D eigenvalue weighted by Gasteiger charge is 2.14. The lowest BCUT2D eigenvalue weighted by Gasteiger charge is -2.10. The summed E-state index contributed by atoms with van der Waals surface area (Å²) in [5.74, 6) is 1.32. The van der Waals surface area contributed by atoms with Gasteiger partial charge in [-0.15, -0.1) is 11.3 Å². The van der Waals surface area contributed by atoms with Crippen LogP contribution in [0.4, 0.5) is 5.95 Å². The van der Waals surface area contributed by atoms with E-state index in [4.69, 9.17) is 9.72 Å². The molecule has 0 aliphatic rings. The molecule has 3 aromatic heterocycles. The minimum Gasteiger partial charge on any atom is -0.497 e. The van der Waals surface area contributed by atoms with Gasteiger partial charge in [-0.2, -0.15) is 5.10 Å². The fraction of sp³-hybridized carbons (Fsp3) is 0.160. The van der Waals surface area contributed by atoms with E-state index in [0.29, 0.717) is 29.3 Å². The number of nitrogens with zero attached hydrogens (tertiary/aromatic N) is 4. The number of thiophene rings is 1. The van der Waals surface area contributed by atoms with Gasteiger partial charge < -0.3 is 10.1 Å². The van der Waals surface area contributed by atoms with Crippen molar-refractivity contribution in [1.29, 1.82) is 0 Å². The Morgan fingerprint density at radius 3 is 2.70 bits per heavy atom. The third-order valence-corrected chi connectivity index (χ3v) is 6.61. The van der Waals surface area contributed by atoms with Gasteiger partial charge in [0.15, 0.2) is 0 Å². The van der Waals surface area contributed by atoms with Crippen molar-refractivity contribution in [3.05, 3.63) is 94.5 Å². The first-order valence-corrected chi connectivity index (χ1v) is 11.4. The molecule has 5 aromatic rings. The van der Waals surface area contributed by atoms with Gasteiger partial charge in [0, 0.05) is 30.2 Å². The molecule has 166 valence electrons. The molecule has 0 aliphatic heterocycles. The number of methoxy groups -OCH3 is 1. The summed E-state index contributed by atoms with van der Waals surface area (Å²) in [7, 11) is 3.38. The Morgan fingerprint density at radius 2 is 1.88 bits per heavy atom. The van der Waals surface area contributed by atoms with Crippen LogP contribution >= 0.6 is 11.3 Å². The zero-order chi connectivity index (χ0) is 22.8. The number of ether oxygens (including phenoxy) is 1. The predicted octanol–water partition coefficient (Wildman–Crippen LogP) is 4.53. The summed E-state index contributed by atoms with van der Waals surface area (Å²) >= 11 is 1.45. The van der Waals surface area contributed by atoms with E-state index in [1.165, 1.54) is 16.9 Å². The van der Waals surface area contributed by atoms with E-state index < -0.39 is 0 Å². The first kappa shape index (κ1) is 21.0. The van der Waals surface area contributed by atoms with E-state index in [1.807, 2.05) is 65.6 Å². The van der Waals surface area contributed by atoms with Crippen molar-refractivity contribution in [3.8, 4) is 16.2 Å². The molecule has 0 saturated carbocycles. The van der Waals surface area contributed by atoms with Crippen LogP contribution in [0.3, 0.4) is 0 Å². The summed E-state index contributed by atoms with van der Waals surface area (Å²) in [6, 6.07) is 20.0. The Balaban J connectivity index is 1.40.